The quantitative estimate of drug-likeness (QED) is 0.549. The Morgan fingerprint density at radius 3 is 2.57 bits per heavy atom. The van der Waals surface area contributed by atoms with Crippen molar-refractivity contribution in [3.63, 3.8) is 0 Å². The van der Waals surface area contributed by atoms with E-state index >= 15 is 0 Å². The topological polar surface area (TPSA) is 68.9 Å². The average Bonchev–Trinajstić information content (AvgIpc) is 3.27. The zero-order valence-corrected chi connectivity index (χ0v) is 16.4. The molecule has 0 saturated heterocycles. The Morgan fingerprint density at radius 2 is 1.86 bits per heavy atom. The van der Waals surface area contributed by atoms with Gasteiger partial charge in [0.1, 0.15) is 0 Å². The molecule has 4 aromatic rings. The van der Waals surface area contributed by atoms with E-state index in [1.54, 1.807) is 12.1 Å². The molecule has 0 aliphatic heterocycles. The largest absolute Gasteiger partial charge is 0.342 e. The molecular weight excluding hydrogens is 372 g/mol. The highest BCUT2D eigenvalue weighted by Crippen LogP contribution is 2.22. The van der Waals surface area contributed by atoms with Gasteiger partial charge in [0.2, 0.25) is 0 Å². The number of nitrogens with zero attached hydrogens (tertiary/aromatic N) is 3. The number of anilines is 1. The Bertz CT molecular complexity index is 1190. The number of fused-ring (bicyclic) bond motifs is 1. The fourth-order valence-electron chi connectivity index (χ4n) is 3.01. The van der Waals surface area contributed by atoms with Crippen LogP contribution in [-0.4, -0.2) is 19.8 Å². The highest BCUT2D eigenvalue weighted by Gasteiger charge is 2.13. The third-order valence-corrected chi connectivity index (χ3v) is 5.40. The summed E-state index contributed by atoms with van der Waals surface area (Å²) in [5, 5.41) is 7.72. The van der Waals surface area contributed by atoms with E-state index in [0.29, 0.717) is 17.0 Å². The summed E-state index contributed by atoms with van der Waals surface area (Å²) in [4.78, 5) is 24.9. The van der Waals surface area contributed by atoms with E-state index in [1.165, 1.54) is 0 Å². The number of aromatic nitrogens is 3. The molecule has 0 aliphatic rings. The second-order valence-electron chi connectivity index (χ2n) is 7.04. The molecule has 0 atom stereocenters. The molecule has 2 aromatic carbocycles. The molecule has 0 radical (unpaired) electrons. The maximum Gasteiger partial charge on any atom is 0.342 e. The number of amides is 1. The predicted octanol–water partition coefficient (Wildman–Crippen LogP) is 4.66. The molecule has 4 rings (SSSR count). The Kier molecular flexibility index (Phi) is 4.83. The molecule has 2 aromatic heterocycles. The van der Waals surface area contributed by atoms with Crippen LogP contribution in [0, 0.1) is 5.92 Å². The highest BCUT2D eigenvalue weighted by molar-refractivity contribution is 7.14. The molecule has 28 heavy (non-hydrogen) atoms. The SMILES string of the molecule is CC(C)Cn1cc(-c2ccc(NC(=O)n3sc4ccccc4c3=O)cc2)cn1. The smallest absolute Gasteiger partial charge is 0.306 e. The maximum absolute atomic E-state index is 12.5. The summed E-state index contributed by atoms with van der Waals surface area (Å²) in [6, 6.07) is 14.3. The number of carbonyl (C=O) groups excluding carboxylic acids is 1. The van der Waals surface area contributed by atoms with Crippen molar-refractivity contribution in [3.8, 4) is 11.1 Å². The van der Waals surface area contributed by atoms with Gasteiger partial charge in [0.25, 0.3) is 5.56 Å². The van der Waals surface area contributed by atoms with Crippen molar-refractivity contribution >= 4 is 33.3 Å². The first-order valence-electron chi connectivity index (χ1n) is 9.06. The minimum Gasteiger partial charge on any atom is -0.306 e. The Labute approximate surface area is 166 Å². The maximum atomic E-state index is 12.5. The fourth-order valence-corrected chi connectivity index (χ4v) is 3.91. The van der Waals surface area contributed by atoms with Crippen molar-refractivity contribution < 1.29 is 4.79 Å². The van der Waals surface area contributed by atoms with E-state index in [0.717, 1.165) is 37.9 Å². The lowest BCUT2D eigenvalue weighted by atomic mass is 10.1. The van der Waals surface area contributed by atoms with Gasteiger partial charge in [-0.15, -0.1) is 0 Å². The molecule has 0 unspecified atom stereocenters. The summed E-state index contributed by atoms with van der Waals surface area (Å²) >= 11 is 1.14. The number of benzene rings is 2. The van der Waals surface area contributed by atoms with Gasteiger partial charge in [0.05, 0.1) is 16.3 Å². The molecule has 0 spiro atoms. The van der Waals surface area contributed by atoms with E-state index < -0.39 is 6.03 Å². The van der Waals surface area contributed by atoms with Crippen molar-refractivity contribution in [1.82, 2.24) is 13.7 Å². The normalized spacial score (nSPS) is 11.2. The zero-order chi connectivity index (χ0) is 19.7. The molecule has 0 saturated carbocycles. The molecule has 1 amide bonds. The van der Waals surface area contributed by atoms with Crippen molar-refractivity contribution in [2.45, 2.75) is 20.4 Å². The molecule has 142 valence electrons. The standard InChI is InChI=1S/C21H20N4O2S/c1-14(2)12-24-13-16(11-22-24)15-7-9-17(10-8-15)23-21(27)25-20(26)18-5-3-4-6-19(18)28-25/h3-11,13-14H,12H2,1-2H3,(H,23,27). The van der Waals surface area contributed by atoms with Gasteiger partial charge >= 0.3 is 6.03 Å². The monoisotopic (exact) mass is 392 g/mol. The first kappa shape index (κ1) is 18.2. The molecule has 0 fully saturated rings. The predicted molar refractivity (Wildman–Crippen MR) is 113 cm³/mol. The van der Waals surface area contributed by atoms with E-state index in [9.17, 15) is 9.59 Å². The van der Waals surface area contributed by atoms with Crippen molar-refractivity contribution in [2.75, 3.05) is 5.32 Å². The zero-order valence-electron chi connectivity index (χ0n) is 15.6. The molecule has 0 aliphatic carbocycles. The molecule has 6 nitrogen and oxygen atoms in total. The molecular formula is C21H20N4O2S. The van der Waals surface area contributed by atoms with E-state index in [-0.39, 0.29) is 5.56 Å². The summed E-state index contributed by atoms with van der Waals surface area (Å²) in [6.45, 7) is 5.18. The van der Waals surface area contributed by atoms with Gasteiger partial charge in [-0.1, -0.05) is 38.1 Å². The summed E-state index contributed by atoms with van der Waals surface area (Å²) in [6.07, 6.45) is 3.86. The van der Waals surface area contributed by atoms with Crippen LogP contribution in [0.2, 0.25) is 0 Å². The lowest BCUT2D eigenvalue weighted by molar-refractivity contribution is 0.255. The Morgan fingerprint density at radius 1 is 1.11 bits per heavy atom. The van der Waals surface area contributed by atoms with E-state index in [4.69, 9.17) is 0 Å². The van der Waals surface area contributed by atoms with Gasteiger partial charge in [0.15, 0.2) is 0 Å². The van der Waals surface area contributed by atoms with Crippen molar-refractivity contribution in [2.24, 2.45) is 5.92 Å². The lowest BCUT2D eigenvalue weighted by Gasteiger charge is -2.06. The summed E-state index contributed by atoms with van der Waals surface area (Å²) in [7, 11) is 0. The van der Waals surface area contributed by atoms with Crippen LogP contribution in [-0.2, 0) is 6.54 Å². The molecule has 2 heterocycles. The molecule has 0 bridgehead atoms. The highest BCUT2D eigenvalue weighted by atomic mass is 32.1. The van der Waals surface area contributed by atoms with E-state index in [1.807, 2.05) is 53.5 Å². The number of hydrogen-bond donors (Lipinski definition) is 1. The third kappa shape index (κ3) is 3.61. The number of hydrogen-bond acceptors (Lipinski definition) is 4. The minimum atomic E-state index is -0.455. The van der Waals surface area contributed by atoms with Gasteiger partial charge in [-0.25, -0.2) is 4.79 Å². The number of rotatable bonds is 4. The molecule has 1 N–H and O–H groups in total. The summed E-state index contributed by atoms with van der Waals surface area (Å²) < 4.78 is 3.87. The van der Waals surface area contributed by atoms with Crippen LogP contribution in [0.25, 0.3) is 21.2 Å². The van der Waals surface area contributed by atoms with Gasteiger partial charge in [0, 0.05) is 24.0 Å². The van der Waals surface area contributed by atoms with Crippen LogP contribution in [0.4, 0.5) is 10.5 Å². The van der Waals surface area contributed by atoms with E-state index in [2.05, 4.69) is 24.3 Å². The Balaban J connectivity index is 1.51. The second-order valence-corrected chi connectivity index (χ2v) is 8.03. The first-order valence-corrected chi connectivity index (χ1v) is 9.84. The molecule has 7 heteroatoms. The van der Waals surface area contributed by atoms with Crippen LogP contribution < -0.4 is 10.9 Å². The summed E-state index contributed by atoms with van der Waals surface area (Å²) in [5.74, 6) is 0.530. The second kappa shape index (κ2) is 7.44. The lowest BCUT2D eigenvalue weighted by Crippen LogP contribution is -2.26. The fraction of sp³-hybridized carbons (Fsp3) is 0.190. The van der Waals surface area contributed by atoms with Gasteiger partial charge in [-0.05, 0) is 47.3 Å². The third-order valence-electron chi connectivity index (χ3n) is 4.33. The van der Waals surface area contributed by atoms with Crippen molar-refractivity contribution in [3.05, 3.63) is 71.3 Å². The van der Waals surface area contributed by atoms with Crippen molar-refractivity contribution in [1.29, 1.82) is 0 Å². The van der Waals surface area contributed by atoms with Crippen LogP contribution in [0.1, 0.15) is 13.8 Å². The number of carbonyl (C=O) groups is 1. The Hall–Kier alpha value is -3.19. The van der Waals surface area contributed by atoms with Crippen LogP contribution in [0.15, 0.2) is 65.7 Å². The van der Waals surface area contributed by atoms with Gasteiger partial charge in [-0.3, -0.25) is 9.48 Å². The van der Waals surface area contributed by atoms with Crippen LogP contribution >= 0.6 is 11.5 Å². The van der Waals surface area contributed by atoms with Gasteiger partial charge < -0.3 is 5.32 Å². The van der Waals surface area contributed by atoms with Crippen LogP contribution in [0.3, 0.4) is 0 Å². The van der Waals surface area contributed by atoms with Gasteiger partial charge in [-0.2, -0.15) is 9.06 Å². The number of nitrogens with one attached hydrogen (secondary N) is 1. The summed E-state index contributed by atoms with van der Waals surface area (Å²) in [5.41, 5.74) is 2.38. The minimum absolute atomic E-state index is 0.299. The van der Waals surface area contributed by atoms with Crippen LogP contribution in [0.5, 0.6) is 0 Å². The first-order chi connectivity index (χ1) is 13.5. The average molecular weight is 392 g/mol.